The van der Waals surface area contributed by atoms with Gasteiger partial charge >= 0.3 is 17.8 Å². The van der Waals surface area contributed by atoms with Crippen LogP contribution in [0.5, 0.6) is 11.5 Å². The lowest BCUT2D eigenvalue weighted by Crippen LogP contribution is -2.32. The minimum absolute atomic E-state index is 0.00529. The number of rotatable bonds is 4. The predicted molar refractivity (Wildman–Crippen MR) is 85.5 cm³/mol. The summed E-state index contributed by atoms with van der Waals surface area (Å²) in [6.45, 7) is 0.219. The molecule has 7 heteroatoms. The average Bonchev–Trinajstić information content (AvgIpc) is 3.17. The molecule has 4 amide bonds. The Bertz CT molecular complexity index is 865. The van der Waals surface area contributed by atoms with Crippen LogP contribution in [0.2, 0.25) is 0 Å². The second-order valence-electron chi connectivity index (χ2n) is 5.74. The Labute approximate surface area is 143 Å². The lowest BCUT2D eigenvalue weighted by atomic mass is 10.2. The van der Waals surface area contributed by atoms with Crippen molar-refractivity contribution in [3.05, 3.63) is 59.7 Å². The van der Waals surface area contributed by atoms with E-state index in [1.807, 2.05) is 18.2 Å². The van der Waals surface area contributed by atoms with Crippen LogP contribution < -0.4 is 9.47 Å². The summed E-state index contributed by atoms with van der Waals surface area (Å²) in [7, 11) is 0. The van der Waals surface area contributed by atoms with Crippen LogP contribution >= 0.6 is 0 Å². The second kappa shape index (κ2) is 5.94. The van der Waals surface area contributed by atoms with Gasteiger partial charge in [0.15, 0.2) is 11.5 Å². The number of hydrogen-bond donors (Lipinski definition) is 0. The highest BCUT2D eigenvalue weighted by molar-refractivity contribution is 6.44. The largest absolute Gasteiger partial charge is 0.454 e. The maximum Gasteiger partial charge on any atom is 0.334 e. The van der Waals surface area contributed by atoms with E-state index in [0.717, 1.165) is 15.4 Å². The van der Waals surface area contributed by atoms with Crippen LogP contribution in [0.3, 0.4) is 0 Å². The van der Waals surface area contributed by atoms with Crippen molar-refractivity contribution >= 4 is 17.8 Å². The highest BCUT2D eigenvalue weighted by Crippen LogP contribution is 2.33. The molecule has 0 unspecified atom stereocenters. The number of imide groups is 2. The first-order chi connectivity index (χ1) is 12.1. The van der Waals surface area contributed by atoms with Crippen molar-refractivity contribution in [1.82, 2.24) is 9.80 Å². The van der Waals surface area contributed by atoms with E-state index in [0.29, 0.717) is 17.1 Å². The molecule has 2 aromatic rings. The summed E-state index contributed by atoms with van der Waals surface area (Å²) in [5.74, 6) is -0.457. The standard InChI is InChI=1S/C18H14N2O5/c21-16-17(22)20(10-13-6-7-14-15(8-13)25-11-24-14)18(23)19(16)9-12-4-2-1-3-5-12/h1-8H,9-11H2. The number of carbonyl (C=O) groups excluding carboxylic acids is 3. The quantitative estimate of drug-likeness (QED) is 0.629. The van der Waals surface area contributed by atoms with Crippen LogP contribution in [0.15, 0.2) is 48.5 Å². The Morgan fingerprint density at radius 3 is 2.12 bits per heavy atom. The van der Waals surface area contributed by atoms with Crippen LogP contribution in [0, 0.1) is 0 Å². The lowest BCUT2D eigenvalue weighted by molar-refractivity contribution is -0.143. The molecule has 0 radical (unpaired) electrons. The van der Waals surface area contributed by atoms with Crippen LogP contribution in [0.1, 0.15) is 11.1 Å². The summed E-state index contributed by atoms with van der Waals surface area (Å²) in [5, 5.41) is 0. The normalized spacial score (nSPS) is 16.1. The van der Waals surface area contributed by atoms with E-state index >= 15 is 0 Å². The molecule has 0 aliphatic carbocycles. The fourth-order valence-corrected chi connectivity index (χ4v) is 2.82. The number of hydrogen-bond acceptors (Lipinski definition) is 5. The van der Waals surface area contributed by atoms with Crippen LogP contribution in [-0.4, -0.2) is 34.4 Å². The summed E-state index contributed by atoms with van der Waals surface area (Å²) in [4.78, 5) is 38.8. The van der Waals surface area contributed by atoms with Gasteiger partial charge in [-0.1, -0.05) is 36.4 Å². The Kier molecular flexibility index (Phi) is 3.61. The molecule has 0 N–H and O–H groups in total. The summed E-state index contributed by atoms with van der Waals surface area (Å²) in [6, 6.07) is 13.6. The van der Waals surface area contributed by atoms with Gasteiger partial charge in [-0.15, -0.1) is 0 Å². The molecule has 2 aromatic carbocycles. The molecule has 1 fully saturated rings. The van der Waals surface area contributed by atoms with Gasteiger partial charge in [-0.25, -0.2) is 4.79 Å². The zero-order chi connectivity index (χ0) is 17.4. The molecular formula is C18H14N2O5. The van der Waals surface area contributed by atoms with Crippen molar-refractivity contribution in [1.29, 1.82) is 0 Å². The summed E-state index contributed by atoms with van der Waals surface area (Å²) in [6.07, 6.45) is 0. The zero-order valence-corrected chi connectivity index (χ0v) is 13.2. The fourth-order valence-electron chi connectivity index (χ4n) is 2.82. The molecule has 7 nitrogen and oxygen atoms in total. The van der Waals surface area contributed by atoms with Gasteiger partial charge in [0.25, 0.3) is 0 Å². The predicted octanol–water partition coefficient (Wildman–Crippen LogP) is 1.91. The smallest absolute Gasteiger partial charge is 0.334 e. The van der Waals surface area contributed by atoms with E-state index in [1.165, 1.54) is 0 Å². The topological polar surface area (TPSA) is 76.1 Å². The van der Waals surface area contributed by atoms with Crippen LogP contribution in [-0.2, 0) is 22.7 Å². The molecule has 2 heterocycles. The van der Waals surface area contributed by atoms with Crippen molar-refractivity contribution in [3.63, 3.8) is 0 Å². The van der Waals surface area contributed by atoms with Crippen molar-refractivity contribution in [2.75, 3.05) is 6.79 Å². The highest BCUT2D eigenvalue weighted by atomic mass is 16.7. The first-order valence-electron chi connectivity index (χ1n) is 7.73. The molecule has 2 aliphatic rings. The van der Waals surface area contributed by atoms with Crippen molar-refractivity contribution in [2.24, 2.45) is 0 Å². The van der Waals surface area contributed by atoms with Gasteiger partial charge < -0.3 is 9.47 Å². The second-order valence-corrected chi connectivity index (χ2v) is 5.74. The molecule has 0 aromatic heterocycles. The fraction of sp³-hybridized carbons (Fsp3) is 0.167. The molecule has 0 spiro atoms. The monoisotopic (exact) mass is 338 g/mol. The van der Waals surface area contributed by atoms with Crippen LogP contribution in [0.4, 0.5) is 4.79 Å². The van der Waals surface area contributed by atoms with Gasteiger partial charge in [-0.05, 0) is 23.3 Å². The Morgan fingerprint density at radius 1 is 0.760 bits per heavy atom. The van der Waals surface area contributed by atoms with E-state index in [-0.39, 0.29) is 19.9 Å². The van der Waals surface area contributed by atoms with Crippen LogP contribution in [0.25, 0.3) is 0 Å². The van der Waals surface area contributed by atoms with Crippen molar-refractivity contribution < 1.29 is 23.9 Å². The van der Waals surface area contributed by atoms with Gasteiger partial charge in [0, 0.05) is 0 Å². The number of ether oxygens (including phenoxy) is 2. The first kappa shape index (κ1) is 15.2. The SMILES string of the molecule is O=C1C(=O)N(Cc2ccc3c(c2)OCO3)C(=O)N1Cc1ccccc1. The molecule has 0 saturated carbocycles. The lowest BCUT2D eigenvalue weighted by Gasteiger charge is -2.15. The molecule has 4 rings (SSSR count). The molecule has 25 heavy (non-hydrogen) atoms. The van der Waals surface area contributed by atoms with Crippen molar-refractivity contribution in [3.8, 4) is 11.5 Å². The van der Waals surface area contributed by atoms with E-state index in [1.54, 1.807) is 30.3 Å². The van der Waals surface area contributed by atoms with Gasteiger partial charge in [0.05, 0.1) is 13.1 Å². The van der Waals surface area contributed by atoms with Crippen molar-refractivity contribution in [2.45, 2.75) is 13.1 Å². The Hall–Kier alpha value is -3.35. The molecular weight excluding hydrogens is 324 g/mol. The van der Waals surface area contributed by atoms with E-state index < -0.39 is 17.8 Å². The number of benzene rings is 2. The Morgan fingerprint density at radius 2 is 1.40 bits per heavy atom. The molecule has 0 atom stereocenters. The third-order valence-corrected chi connectivity index (χ3v) is 4.10. The highest BCUT2D eigenvalue weighted by Gasteiger charge is 2.44. The van der Waals surface area contributed by atoms with E-state index in [9.17, 15) is 14.4 Å². The number of fused-ring (bicyclic) bond motifs is 1. The molecule has 2 aliphatic heterocycles. The van der Waals surface area contributed by atoms with Gasteiger partial charge in [-0.3, -0.25) is 19.4 Å². The Balaban J connectivity index is 1.53. The van der Waals surface area contributed by atoms with E-state index in [2.05, 4.69) is 0 Å². The average molecular weight is 338 g/mol. The minimum atomic E-state index is -0.821. The molecule has 1 saturated heterocycles. The third-order valence-electron chi connectivity index (χ3n) is 4.10. The zero-order valence-electron chi connectivity index (χ0n) is 13.2. The summed E-state index contributed by atoms with van der Waals surface area (Å²) in [5.41, 5.74) is 1.46. The van der Waals surface area contributed by atoms with Gasteiger partial charge in [0.1, 0.15) is 0 Å². The maximum atomic E-state index is 12.5. The third kappa shape index (κ3) is 2.69. The number of nitrogens with zero attached hydrogens (tertiary/aromatic N) is 2. The van der Waals surface area contributed by atoms with E-state index in [4.69, 9.17) is 9.47 Å². The van der Waals surface area contributed by atoms with Gasteiger partial charge in [-0.2, -0.15) is 0 Å². The number of urea groups is 1. The summed E-state index contributed by atoms with van der Waals surface area (Å²) < 4.78 is 10.5. The first-order valence-corrected chi connectivity index (χ1v) is 7.73. The molecule has 126 valence electrons. The number of carbonyl (C=O) groups is 3. The summed E-state index contributed by atoms with van der Waals surface area (Å²) >= 11 is 0. The minimum Gasteiger partial charge on any atom is -0.454 e. The van der Waals surface area contributed by atoms with Gasteiger partial charge in [0.2, 0.25) is 6.79 Å². The molecule has 0 bridgehead atoms. The number of amides is 4. The maximum absolute atomic E-state index is 12.5.